The Balaban J connectivity index is 1.79. The van der Waals surface area contributed by atoms with Gasteiger partial charge in [-0.3, -0.25) is 9.20 Å². The normalized spacial score (nSPS) is 11.0. The summed E-state index contributed by atoms with van der Waals surface area (Å²) < 4.78 is 2.62. The number of carbonyl (C=O) groups is 1. The molecule has 0 saturated heterocycles. The Morgan fingerprint density at radius 1 is 1.23 bits per heavy atom. The summed E-state index contributed by atoms with van der Waals surface area (Å²) in [6, 6.07) is 8.84. The standard InChI is InChI=1S/C14H8BrCl2N3OS/c15-9-3-1-8(2-4-9)12(21)7-22-14-19-18-13-11(17)5-10(16)6-20(13)14/h1-6H,7H2. The highest BCUT2D eigenvalue weighted by molar-refractivity contribution is 9.10. The number of thioether (sulfide) groups is 1. The fourth-order valence-electron chi connectivity index (χ4n) is 1.85. The lowest BCUT2D eigenvalue weighted by Crippen LogP contribution is -2.02. The van der Waals surface area contributed by atoms with Crippen LogP contribution in [0.5, 0.6) is 0 Å². The lowest BCUT2D eigenvalue weighted by atomic mass is 10.2. The van der Waals surface area contributed by atoms with E-state index in [2.05, 4.69) is 26.1 Å². The molecule has 0 radical (unpaired) electrons. The molecule has 22 heavy (non-hydrogen) atoms. The monoisotopic (exact) mass is 415 g/mol. The molecule has 0 N–H and O–H groups in total. The zero-order valence-corrected chi connectivity index (χ0v) is 14.9. The third kappa shape index (κ3) is 3.30. The molecule has 3 aromatic rings. The van der Waals surface area contributed by atoms with Crippen molar-refractivity contribution < 1.29 is 4.79 Å². The van der Waals surface area contributed by atoms with Crippen LogP contribution in [0.3, 0.4) is 0 Å². The Morgan fingerprint density at radius 3 is 2.68 bits per heavy atom. The quantitative estimate of drug-likeness (QED) is 0.453. The summed E-state index contributed by atoms with van der Waals surface area (Å²) in [4.78, 5) is 12.2. The number of aromatic nitrogens is 3. The highest BCUT2D eigenvalue weighted by atomic mass is 79.9. The second kappa shape index (κ2) is 6.58. The van der Waals surface area contributed by atoms with Gasteiger partial charge in [0.1, 0.15) is 0 Å². The molecule has 0 aliphatic heterocycles. The minimum absolute atomic E-state index is 0.0161. The molecule has 0 saturated carbocycles. The van der Waals surface area contributed by atoms with Crippen LogP contribution in [-0.2, 0) is 0 Å². The molecule has 3 rings (SSSR count). The zero-order valence-electron chi connectivity index (χ0n) is 11.0. The maximum Gasteiger partial charge on any atom is 0.196 e. The lowest BCUT2D eigenvalue weighted by Gasteiger charge is -2.02. The molecule has 2 aromatic heterocycles. The number of carbonyl (C=O) groups excluding carboxylic acids is 1. The molecule has 8 heteroatoms. The van der Waals surface area contributed by atoms with Crippen LogP contribution < -0.4 is 0 Å². The molecular formula is C14H8BrCl2N3OS. The second-order valence-electron chi connectivity index (χ2n) is 4.40. The van der Waals surface area contributed by atoms with Crippen LogP contribution in [0.4, 0.5) is 0 Å². The van der Waals surface area contributed by atoms with Gasteiger partial charge in [-0.25, -0.2) is 0 Å². The summed E-state index contributed by atoms with van der Waals surface area (Å²) in [5, 5.41) is 9.54. The molecule has 112 valence electrons. The van der Waals surface area contributed by atoms with E-state index in [-0.39, 0.29) is 11.5 Å². The average Bonchev–Trinajstić information content (AvgIpc) is 2.89. The molecule has 0 amide bonds. The van der Waals surface area contributed by atoms with E-state index < -0.39 is 0 Å². The van der Waals surface area contributed by atoms with E-state index >= 15 is 0 Å². The van der Waals surface area contributed by atoms with Crippen LogP contribution in [0, 0.1) is 0 Å². The van der Waals surface area contributed by atoms with Gasteiger partial charge >= 0.3 is 0 Å². The van der Waals surface area contributed by atoms with E-state index in [0.29, 0.717) is 26.4 Å². The predicted molar refractivity (Wildman–Crippen MR) is 92.2 cm³/mol. The zero-order chi connectivity index (χ0) is 15.7. The number of benzene rings is 1. The molecular weight excluding hydrogens is 409 g/mol. The van der Waals surface area contributed by atoms with Gasteiger partial charge in [0.25, 0.3) is 0 Å². The first-order valence-electron chi connectivity index (χ1n) is 6.16. The number of ketones is 1. The molecule has 0 bridgehead atoms. The first kappa shape index (κ1) is 15.8. The molecule has 2 heterocycles. The fourth-order valence-corrected chi connectivity index (χ4v) is 3.43. The van der Waals surface area contributed by atoms with E-state index in [4.69, 9.17) is 23.2 Å². The van der Waals surface area contributed by atoms with Crippen LogP contribution >= 0.6 is 50.9 Å². The van der Waals surface area contributed by atoms with Gasteiger partial charge in [-0.2, -0.15) is 0 Å². The largest absolute Gasteiger partial charge is 0.293 e. The molecule has 0 unspecified atom stereocenters. The van der Waals surface area contributed by atoms with Gasteiger partial charge in [-0.15, -0.1) is 10.2 Å². The van der Waals surface area contributed by atoms with Crippen LogP contribution in [-0.4, -0.2) is 26.1 Å². The summed E-state index contributed by atoms with van der Waals surface area (Å²) in [7, 11) is 0. The van der Waals surface area contributed by atoms with Gasteiger partial charge in [0, 0.05) is 16.2 Å². The van der Waals surface area contributed by atoms with Crippen molar-refractivity contribution in [2.24, 2.45) is 0 Å². The van der Waals surface area contributed by atoms with E-state index in [1.54, 1.807) is 28.8 Å². The first-order chi connectivity index (χ1) is 10.5. The summed E-state index contributed by atoms with van der Waals surface area (Å²) >= 11 is 16.7. The van der Waals surface area contributed by atoms with Crippen molar-refractivity contribution >= 4 is 62.3 Å². The predicted octanol–water partition coefficient (Wildman–Crippen LogP) is 4.77. The van der Waals surface area contributed by atoms with Crippen molar-refractivity contribution in [3.8, 4) is 0 Å². The Labute approximate surface area is 149 Å². The molecule has 0 aliphatic rings. The topological polar surface area (TPSA) is 47.3 Å². The maximum atomic E-state index is 12.2. The number of Topliss-reactive ketones (excluding diaryl/α,β-unsaturated/α-hetero) is 1. The van der Waals surface area contributed by atoms with E-state index in [9.17, 15) is 4.79 Å². The van der Waals surface area contributed by atoms with Crippen LogP contribution in [0.15, 0.2) is 46.2 Å². The number of fused-ring (bicyclic) bond motifs is 1. The van der Waals surface area contributed by atoms with Crippen molar-refractivity contribution in [2.75, 3.05) is 5.75 Å². The molecule has 4 nitrogen and oxygen atoms in total. The SMILES string of the molecule is O=C(CSc1nnc2c(Cl)cc(Cl)cn12)c1ccc(Br)cc1. The smallest absolute Gasteiger partial charge is 0.196 e. The average molecular weight is 417 g/mol. The minimum atomic E-state index is 0.0161. The third-order valence-corrected chi connectivity index (χ3v) is 4.85. The highest BCUT2D eigenvalue weighted by Crippen LogP contribution is 2.25. The van der Waals surface area contributed by atoms with Crippen LogP contribution in [0.1, 0.15) is 10.4 Å². The third-order valence-electron chi connectivity index (χ3n) is 2.89. The van der Waals surface area contributed by atoms with Crippen molar-refractivity contribution in [1.29, 1.82) is 0 Å². The van der Waals surface area contributed by atoms with Crippen LogP contribution in [0.2, 0.25) is 10.0 Å². The number of hydrogen-bond donors (Lipinski definition) is 0. The van der Waals surface area contributed by atoms with Gasteiger partial charge in [-0.05, 0) is 18.2 Å². The van der Waals surface area contributed by atoms with Gasteiger partial charge in [0.2, 0.25) is 0 Å². The molecule has 0 spiro atoms. The fraction of sp³-hybridized carbons (Fsp3) is 0.0714. The van der Waals surface area contributed by atoms with Crippen molar-refractivity contribution in [1.82, 2.24) is 14.6 Å². The number of nitrogens with zero attached hydrogens (tertiary/aromatic N) is 3. The summed E-state index contributed by atoms with van der Waals surface area (Å²) in [6.07, 6.45) is 1.68. The van der Waals surface area contributed by atoms with E-state index in [1.165, 1.54) is 11.8 Å². The Hall–Kier alpha value is -1.08. The Bertz CT molecular complexity index is 851. The molecule has 0 atom stereocenters. The van der Waals surface area contributed by atoms with Gasteiger partial charge in [0.15, 0.2) is 16.6 Å². The number of rotatable bonds is 4. The van der Waals surface area contributed by atoms with Crippen molar-refractivity contribution in [3.63, 3.8) is 0 Å². The molecule has 0 aliphatic carbocycles. The number of pyridine rings is 1. The summed E-state index contributed by atoms with van der Waals surface area (Å²) in [5.41, 5.74) is 1.17. The second-order valence-corrected chi connectivity index (χ2v) is 7.10. The van der Waals surface area contributed by atoms with Gasteiger partial charge in [0.05, 0.1) is 15.8 Å². The molecule has 0 fully saturated rings. The van der Waals surface area contributed by atoms with Crippen LogP contribution in [0.25, 0.3) is 5.65 Å². The van der Waals surface area contributed by atoms with Gasteiger partial charge in [-0.1, -0.05) is 63.0 Å². The maximum absolute atomic E-state index is 12.2. The minimum Gasteiger partial charge on any atom is -0.293 e. The Morgan fingerprint density at radius 2 is 1.95 bits per heavy atom. The van der Waals surface area contributed by atoms with Crippen molar-refractivity contribution in [3.05, 3.63) is 56.6 Å². The summed E-state index contributed by atoms with van der Waals surface area (Å²) in [5.74, 6) is 0.273. The molecule has 1 aromatic carbocycles. The van der Waals surface area contributed by atoms with E-state index in [1.807, 2.05) is 12.1 Å². The number of hydrogen-bond acceptors (Lipinski definition) is 4. The number of halogens is 3. The first-order valence-corrected chi connectivity index (χ1v) is 8.69. The van der Waals surface area contributed by atoms with Gasteiger partial charge < -0.3 is 0 Å². The lowest BCUT2D eigenvalue weighted by molar-refractivity contribution is 0.102. The highest BCUT2D eigenvalue weighted by Gasteiger charge is 2.13. The summed E-state index contributed by atoms with van der Waals surface area (Å²) in [6.45, 7) is 0. The van der Waals surface area contributed by atoms with Crippen molar-refractivity contribution in [2.45, 2.75) is 5.16 Å². The Kier molecular flexibility index (Phi) is 4.73. The van der Waals surface area contributed by atoms with E-state index in [0.717, 1.165) is 4.47 Å².